The molecule has 1 aromatic heterocycles. The Bertz CT molecular complexity index is 589. The zero-order chi connectivity index (χ0) is 13.7. The normalized spacial score (nSPS) is 11.8. The molecule has 0 saturated carbocycles. The minimum atomic E-state index is -0.131. The third-order valence-corrected chi connectivity index (χ3v) is 3.17. The number of benzene rings is 1. The van der Waals surface area contributed by atoms with Gasteiger partial charge in [0.15, 0.2) is 0 Å². The molecule has 0 spiro atoms. The second-order valence-electron chi connectivity index (χ2n) is 4.30. The molecule has 4 heteroatoms. The minimum Gasteiger partial charge on any atom is -0.390 e. The fraction of sp³-hybridized carbons (Fsp3) is 0.200. The van der Waals surface area contributed by atoms with Gasteiger partial charge in [-0.25, -0.2) is 0 Å². The van der Waals surface area contributed by atoms with E-state index in [-0.39, 0.29) is 6.04 Å². The van der Waals surface area contributed by atoms with Crippen LogP contribution in [0.3, 0.4) is 0 Å². The number of carbonyl (C=O) groups excluding carboxylic acids is 1. The zero-order valence-corrected chi connectivity index (χ0v) is 10.9. The average molecular weight is 255 g/mol. The summed E-state index contributed by atoms with van der Waals surface area (Å²) in [6, 6.07) is 9.82. The number of hydrogen-bond acceptors (Lipinski definition) is 3. The molecule has 0 bridgehead atoms. The lowest BCUT2D eigenvalue weighted by Gasteiger charge is -2.19. The van der Waals surface area contributed by atoms with Crippen LogP contribution in [0.5, 0.6) is 0 Å². The molecular formula is C15H17N3O. The standard InChI is InChI=1S/C15H17N3O/c1-11(16-2)15(18-10-19)9-12-7-8-17-14-6-4-3-5-13(12)14/h3-8,10,15-16H,1,9H2,2H3,(H,18,19). The Morgan fingerprint density at radius 3 is 2.95 bits per heavy atom. The summed E-state index contributed by atoms with van der Waals surface area (Å²) in [5.74, 6) is 0. The highest BCUT2D eigenvalue weighted by atomic mass is 16.1. The smallest absolute Gasteiger partial charge is 0.207 e. The van der Waals surface area contributed by atoms with Crippen LogP contribution in [-0.2, 0) is 11.2 Å². The van der Waals surface area contributed by atoms with Gasteiger partial charge in [-0.3, -0.25) is 9.78 Å². The Kier molecular flexibility index (Phi) is 4.13. The van der Waals surface area contributed by atoms with Crippen LogP contribution >= 0.6 is 0 Å². The van der Waals surface area contributed by atoms with Crippen molar-refractivity contribution in [1.82, 2.24) is 15.6 Å². The first-order valence-electron chi connectivity index (χ1n) is 6.15. The number of carbonyl (C=O) groups is 1. The van der Waals surface area contributed by atoms with Crippen LogP contribution in [0.2, 0.25) is 0 Å². The molecular weight excluding hydrogens is 238 g/mol. The molecule has 19 heavy (non-hydrogen) atoms. The number of rotatable bonds is 6. The van der Waals surface area contributed by atoms with E-state index >= 15 is 0 Å². The number of nitrogens with zero attached hydrogens (tertiary/aromatic N) is 1. The van der Waals surface area contributed by atoms with Gasteiger partial charge in [-0.2, -0.15) is 0 Å². The first-order valence-corrected chi connectivity index (χ1v) is 6.15. The second kappa shape index (κ2) is 6.00. The van der Waals surface area contributed by atoms with Crippen LogP contribution in [0.1, 0.15) is 5.56 Å². The topological polar surface area (TPSA) is 54.0 Å². The maximum absolute atomic E-state index is 10.7. The van der Waals surface area contributed by atoms with Gasteiger partial charge < -0.3 is 10.6 Å². The summed E-state index contributed by atoms with van der Waals surface area (Å²) in [4.78, 5) is 15.0. The SMILES string of the molecule is C=C(NC)C(Cc1ccnc2ccccc12)NC=O. The van der Waals surface area contributed by atoms with Gasteiger partial charge in [0.2, 0.25) is 6.41 Å². The van der Waals surface area contributed by atoms with Crippen LogP contribution in [0.15, 0.2) is 48.8 Å². The predicted molar refractivity (Wildman–Crippen MR) is 76.6 cm³/mol. The summed E-state index contributed by atoms with van der Waals surface area (Å²) in [5, 5.41) is 6.87. The van der Waals surface area contributed by atoms with Gasteiger partial charge in [0.25, 0.3) is 0 Å². The molecule has 1 aromatic carbocycles. The lowest BCUT2D eigenvalue weighted by Crippen LogP contribution is -2.36. The Labute approximate surface area is 112 Å². The molecule has 0 aliphatic heterocycles. The Hall–Kier alpha value is -2.36. The number of likely N-dealkylation sites (N-methyl/N-ethyl adjacent to an activating group) is 1. The summed E-state index contributed by atoms with van der Waals surface area (Å²) in [7, 11) is 1.80. The molecule has 0 aliphatic rings. The summed E-state index contributed by atoms with van der Waals surface area (Å²) >= 11 is 0. The number of para-hydroxylation sites is 1. The predicted octanol–water partition coefficient (Wildman–Crippen LogP) is 1.62. The number of hydrogen-bond donors (Lipinski definition) is 2. The van der Waals surface area contributed by atoms with Crippen molar-refractivity contribution in [2.45, 2.75) is 12.5 Å². The summed E-state index contributed by atoms with van der Waals surface area (Å²) < 4.78 is 0. The van der Waals surface area contributed by atoms with Crippen LogP contribution in [0, 0.1) is 0 Å². The molecule has 1 heterocycles. The van der Waals surface area contributed by atoms with Gasteiger partial charge in [-0.05, 0) is 24.1 Å². The average Bonchev–Trinajstić information content (AvgIpc) is 2.46. The lowest BCUT2D eigenvalue weighted by molar-refractivity contribution is -0.109. The quantitative estimate of drug-likeness (QED) is 0.771. The molecule has 2 rings (SSSR count). The Morgan fingerprint density at radius 1 is 1.42 bits per heavy atom. The third kappa shape index (κ3) is 2.91. The van der Waals surface area contributed by atoms with E-state index in [9.17, 15) is 4.79 Å². The van der Waals surface area contributed by atoms with Crippen LogP contribution in [0.4, 0.5) is 0 Å². The van der Waals surface area contributed by atoms with Gasteiger partial charge in [0, 0.05) is 24.3 Å². The maximum atomic E-state index is 10.7. The summed E-state index contributed by atoms with van der Waals surface area (Å²) in [6.07, 6.45) is 3.18. The van der Waals surface area contributed by atoms with Crippen molar-refractivity contribution in [2.75, 3.05) is 7.05 Å². The molecule has 0 aliphatic carbocycles. The van der Waals surface area contributed by atoms with Crippen molar-refractivity contribution in [3.05, 3.63) is 54.4 Å². The molecule has 0 fully saturated rings. The first-order chi connectivity index (χ1) is 9.26. The molecule has 2 N–H and O–H groups in total. The molecule has 1 amide bonds. The van der Waals surface area contributed by atoms with Crippen molar-refractivity contribution in [2.24, 2.45) is 0 Å². The minimum absolute atomic E-state index is 0.131. The largest absolute Gasteiger partial charge is 0.390 e. The summed E-state index contributed by atoms with van der Waals surface area (Å²) in [6.45, 7) is 3.92. The fourth-order valence-corrected chi connectivity index (χ4v) is 2.09. The highest BCUT2D eigenvalue weighted by Gasteiger charge is 2.13. The third-order valence-electron chi connectivity index (χ3n) is 3.17. The molecule has 4 nitrogen and oxygen atoms in total. The van der Waals surface area contributed by atoms with E-state index in [1.165, 1.54) is 0 Å². The van der Waals surface area contributed by atoms with E-state index in [0.717, 1.165) is 22.2 Å². The molecule has 0 radical (unpaired) electrons. The van der Waals surface area contributed by atoms with Gasteiger partial charge in [0.1, 0.15) is 0 Å². The highest BCUT2D eigenvalue weighted by Crippen LogP contribution is 2.18. The van der Waals surface area contributed by atoms with Crippen molar-refractivity contribution in [3.8, 4) is 0 Å². The Morgan fingerprint density at radius 2 is 2.21 bits per heavy atom. The van der Waals surface area contributed by atoms with Gasteiger partial charge >= 0.3 is 0 Å². The number of aromatic nitrogens is 1. The van der Waals surface area contributed by atoms with Crippen LogP contribution in [-0.4, -0.2) is 24.5 Å². The van der Waals surface area contributed by atoms with E-state index < -0.39 is 0 Å². The number of amides is 1. The molecule has 98 valence electrons. The van der Waals surface area contributed by atoms with Crippen molar-refractivity contribution in [1.29, 1.82) is 0 Å². The molecule has 0 saturated heterocycles. The van der Waals surface area contributed by atoms with Gasteiger partial charge in [-0.1, -0.05) is 24.8 Å². The van der Waals surface area contributed by atoms with Crippen LogP contribution < -0.4 is 10.6 Å². The highest BCUT2D eigenvalue weighted by molar-refractivity contribution is 5.81. The Balaban J connectivity index is 2.33. The maximum Gasteiger partial charge on any atom is 0.207 e. The number of nitrogens with one attached hydrogen (secondary N) is 2. The molecule has 1 atom stereocenters. The monoisotopic (exact) mass is 255 g/mol. The van der Waals surface area contributed by atoms with Crippen molar-refractivity contribution < 1.29 is 4.79 Å². The number of fused-ring (bicyclic) bond motifs is 1. The van der Waals surface area contributed by atoms with Crippen molar-refractivity contribution >= 4 is 17.3 Å². The van der Waals surface area contributed by atoms with E-state index in [1.54, 1.807) is 13.2 Å². The number of pyridine rings is 1. The molecule has 1 unspecified atom stereocenters. The molecule has 2 aromatic rings. The zero-order valence-electron chi connectivity index (χ0n) is 10.9. The first kappa shape index (κ1) is 13.1. The second-order valence-corrected chi connectivity index (χ2v) is 4.30. The van der Waals surface area contributed by atoms with E-state index in [1.807, 2.05) is 30.3 Å². The van der Waals surface area contributed by atoms with E-state index in [0.29, 0.717) is 12.8 Å². The van der Waals surface area contributed by atoms with Crippen molar-refractivity contribution in [3.63, 3.8) is 0 Å². The fourth-order valence-electron chi connectivity index (χ4n) is 2.09. The van der Waals surface area contributed by atoms with Crippen LogP contribution in [0.25, 0.3) is 10.9 Å². The van der Waals surface area contributed by atoms with E-state index in [4.69, 9.17) is 0 Å². The van der Waals surface area contributed by atoms with Gasteiger partial charge in [0.05, 0.1) is 11.6 Å². The van der Waals surface area contributed by atoms with E-state index in [2.05, 4.69) is 22.2 Å². The lowest BCUT2D eigenvalue weighted by atomic mass is 10.0. The summed E-state index contributed by atoms with van der Waals surface area (Å²) in [5.41, 5.74) is 2.88. The van der Waals surface area contributed by atoms with Gasteiger partial charge in [-0.15, -0.1) is 0 Å².